The van der Waals surface area contributed by atoms with Crippen molar-refractivity contribution >= 4 is 5.97 Å². The van der Waals surface area contributed by atoms with Crippen molar-refractivity contribution in [3.8, 4) is 11.5 Å². The number of esters is 1. The van der Waals surface area contributed by atoms with E-state index in [1.54, 1.807) is 20.3 Å². The van der Waals surface area contributed by atoms with Gasteiger partial charge in [0.1, 0.15) is 11.5 Å². The summed E-state index contributed by atoms with van der Waals surface area (Å²) < 4.78 is 15.4. The van der Waals surface area contributed by atoms with E-state index in [0.29, 0.717) is 11.5 Å². The predicted octanol–water partition coefficient (Wildman–Crippen LogP) is 1.87. The van der Waals surface area contributed by atoms with Crippen LogP contribution in [0.5, 0.6) is 11.5 Å². The van der Waals surface area contributed by atoms with Crippen LogP contribution in [0.1, 0.15) is 25.8 Å². The summed E-state index contributed by atoms with van der Waals surface area (Å²) in [6.07, 6.45) is 0.184. The summed E-state index contributed by atoms with van der Waals surface area (Å²) in [6, 6.07) is 5.25. The maximum Gasteiger partial charge on any atom is 0.306 e. The van der Waals surface area contributed by atoms with E-state index in [-0.39, 0.29) is 18.4 Å². The van der Waals surface area contributed by atoms with Gasteiger partial charge in [0.05, 0.1) is 27.8 Å². The average molecular weight is 281 g/mol. The molecule has 20 heavy (non-hydrogen) atoms. The van der Waals surface area contributed by atoms with E-state index in [1.807, 2.05) is 26.0 Å². The molecule has 2 atom stereocenters. The minimum absolute atomic E-state index is 0.184. The van der Waals surface area contributed by atoms with Gasteiger partial charge < -0.3 is 19.9 Å². The summed E-state index contributed by atoms with van der Waals surface area (Å²) in [5.41, 5.74) is 6.39. The third kappa shape index (κ3) is 3.22. The first-order chi connectivity index (χ1) is 9.38. The first kappa shape index (κ1) is 16.3. The Morgan fingerprint density at radius 2 is 1.95 bits per heavy atom. The number of ether oxygens (including phenoxy) is 3. The molecule has 112 valence electrons. The lowest BCUT2D eigenvalue weighted by molar-refractivity contribution is -0.142. The Labute approximate surface area is 120 Å². The second-order valence-corrected chi connectivity index (χ2v) is 5.03. The van der Waals surface area contributed by atoms with Crippen molar-refractivity contribution in [2.24, 2.45) is 5.73 Å². The molecule has 0 saturated carbocycles. The van der Waals surface area contributed by atoms with Gasteiger partial charge in [-0.1, -0.05) is 13.0 Å². The number of hydrogen-bond acceptors (Lipinski definition) is 5. The summed E-state index contributed by atoms with van der Waals surface area (Å²) in [5.74, 6) is 1.03. The van der Waals surface area contributed by atoms with Gasteiger partial charge in [-0.25, -0.2) is 0 Å². The normalized spacial score (nSPS) is 15.1. The van der Waals surface area contributed by atoms with E-state index >= 15 is 0 Å². The SMILES string of the molecule is COC(=O)CC(C)(c1ccc(OC)cc1OC)C(C)N. The Morgan fingerprint density at radius 3 is 2.40 bits per heavy atom. The molecule has 0 aliphatic rings. The van der Waals surface area contributed by atoms with Crippen molar-refractivity contribution in [1.82, 2.24) is 0 Å². The van der Waals surface area contributed by atoms with Gasteiger partial charge in [0.2, 0.25) is 0 Å². The lowest BCUT2D eigenvalue weighted by Gasteiger charge is -2.34. The molecular weight excluding hydrogens is 258 g/mol. The smallest absolute Gasteiger partial charge is 0.306 e. The molecule has 0 radical (unpaired) electrons. The van der Waals surface area contributed by atoms with E-state index in [1.165, 1.54) is 7.11 Å². The van der Waals surface area contributed by atoms with Crippen LogP contribution in [0.15, 0.2) is 18.2 Å². The van der Waals surface area contributed by atoms with E-state index in [9.17, 15) is 4.79 Å². The van der Waals surface area contributed by atoms with Gasteiger partial charge in [-0.3, -0.25) is 4.79 Å². The van der Waals surface area contributed by atoms with Crippen molar-refractivity contribution in [2.45, 2.75) is 31.7 Å². The van der Waals surface area contributed by atoms with Crippen molar-refractivity contribution in [3.05, 3.63) is 23.8 Å². The molecule has 0 aliphatic heterocycles. The molecule has 0 spiro atoms. The van der Waals surface area contributed by atoms with Crippen LogP contribution in [-0.4, -0.2) is 33.3 Å². The summed E-state index contributed by atoms with van der Waals surface area (Å²) in [4.78, 5) is 11.7. The van der Waals surface area contributed by atoms with E-state index < -0.39 is 5.41 Å². The van der Waals surface area contributed by atoms with Crippen LogP contribution >= 0.6 is 0 Å². The molecule has 0 amide bonds. The molecule has 1 aromatic carbocycles. The topological polar surface area (TPSA) is 70.8 Å². The standard InChI is InChI=1S/C15H23NO4/c1-10(16)15(2,9-14(17)20-5)12-7-6-11(18-3)8-13(12)19-4/h6-8,10H,9,16H2,1-5H3. The Bertz CT molecular complexity index is 473. The highest BCUT2D eigenvalue weighted by molar-refractivity contribution is 5.72. The Balaban J connectivity index is 3.30. The van der Waals surface area contributed by atoms with Gasteiger partial charge in [0, 0.05) is 23.1 Å². The third-order valence-corrected chi connectivity index (χ3v) is 3.77. The van der Waals surface area contributed by atoms with Crippen LogP contribution in [0.25, 0.3) is 0 Å². The van der Waals surface area contributed by atoms with Crippen LogP contribution in [0.4, 0.5) is 0 Å². The second-order valence-electron chi connectivity index (χ2n) is 5.03. The molecule has 0 fully saturated rings. The van der Waals surface area contributed by atoms with Gasteiger partial charge >= 0.3 is 5.97 Å². The number of carbonyl (C=O) groups excluding carboxylic acids is 1. The van der Waals surface area contributed by atoms with Crippen LogP contribution in [0, 0.1) is 0 Å². The number of nitrogens with two attached hydrogens (primary N) is 1. The van der Waals surface area contributed by atoms with Crippen molar-refractivity contribution in [3.63, 3.8) is 0 Å². The van der Waals surface area contributed by atoms with Crippen LogP contribution in [-0.2, 0) is 14.9 Å². The molecule has 1 aromatic rings. The Kier molecular flexibility index (Phi) is 5.39. The second kappa shape index (κ2) is 6.61. The Hall–Kier alpha value is -1.75. The molecule has 0 aromatic heterocycles. The molecule has 2 N–H and O–H groups in total. The van der Waals surface area contributed by atoms with Crippen molar-refractivity contribution in [2.75, 3.05) is 21.3 Å². The molecule has 0 saturated heterocycles. The highest BCUT2D eigenvalue weighted by atomic mass is 16.5. The number of carbonyl (C=O) groups is 1. The average Bonchev–Trinajstić information content (AvgIpc) is 2.45. The molecule has 5 heteroatoms. The molecule has 0 bridgehead atoms. The zero-order chi connectivity index (χ0) is 15.3. The summed E-state index contributed by atoms with van der Waals surface area (Å²) in [6.45, 7) is 3.80. The zero-order valence-corrected chi connectivity index (χ0v) is 12.7. The fourth-order valence-corrected chi connectivity index (χ4v) is 2.14. The van der Waals surface area contributed by atoms with Crippen LogP contribution < -0.4 is 15.2 Å². The summed E-state index contributed by atoms with van der Waals surface area (Å²) >= 11 is 0. The highest BCUT2D eigenvalue weighted by Gasteiger charge is 2.36. The molecule has 0 heterocycles. The summed E-state index contributed by atoms with van der Waals surface area (Å²) in [5, 5.41) is 0. The zero-order valence-electron chi connectivity index (χ0n) is 12.7. The summed E-state index contributed by atoms with van der Waals surface area (Å²) in [7, 11) is 4.54. The molecule has 5 nitrogen and oxygen atoms in total. The molecular formula is C15H23NO4. The van der Waals surface area contributed by atoms with Gasteiger partial charge in [0.15, 0.2) is 0 Å². The van der Waals surface area contributed by atoms with Gasteiger partial charge in [0.25, 0.3) is 0 Å². The van der Waals surface area contributed by atoms with E-state index in [2.05, 4.69) is 0 Å². The largest absolute Gasteiger partial charge is 0.497 e. The first-order valence-electron chi connectivity index (χ1n) is 6.44. The van der Waals surface area contributed by atoms with Gasteiger partial charge in [-0.15, -0.1) is 0 Å². The quantitative estimate of drug-likeness (QED) is 0.806. The molecule has 0 aliphatic carbocycles. The predicted molar refractivity (Wildman–Crippen MR) is 77.2 cm³/mol. The van der Waals surface area contributed by atoms with Crippen molar-refractivity contribution in [1.29, 1.82) is 0 Å². The highest BCUT2D eigenvalue weighted by Crippen LogP contribution is 2.38. The fraction of sp³-hybridized carbons (Fsp3) is 0.533. The number of methoxy groups -OCH3 is 3. The number of benzene rings is 1. The number of hydrogen-bond donors (Lipinski definition) is 1. The first-order valence-corrected chi connectivity index (χ1v) is 6.44. The van der Waals surface area contributed by atoms with Crippen LogP contribution in [0.2, 0.25) is 0 Å². The van der Waals surface area contributed by atoms with Crippen LogP contribution in [0.3, 0.4) is 0 Å². The maximum absolute atomic E-state index is 11.7. The lowest BCUT2D eigenvalue weighted by Crippen LogP contribution is -2.43. The fourth-order valence-electron chi connectivity index (χ4n) is 2.14. The number of rotatable bonds is 6. The van der Waals surface area contributed by atoms with Crippen molar-refractivity contribution < 1.29 is 19.0 Å². The lowest BCUT2D eigenvalue weighted by atomic mass is 9.74. The third-order valence-electron chi connectivity index (χ3n) is 3.77. The monoisotopic (exact) mass is 281 g/mol. The minimum Gasteiger partial charge on any atom is -0.497 e. The maximum atomic E-state index is 11.7. The molecule has 1 rings (SSSR count). The van der Waals surface area contributed by atoms with E-state index in [0.717, 1.165) is 5.56 Å². The Morgan fingerprint density at radius 1 is 1.30 bits per heavy atom. The van der Waals surface area contributed by atoms with E-state index in [4.69, 9.17) is 19.9 Å². The van der Waals surface area contributed by atoms with Gasteiger partial charge in [-0.05, 0) is 13.0 Å². The van der Waals surface area contributed by atoms with Gasteiger partial charge in [-0.2, -0.15) is 0 Å². The molecule has 2 unspecified atom stereocenters. The minimum atomic E-state index is -0.579.